The van der Waals surface area contributed by atoms with Gasteiger partial charge in [-0.3, -0.25) is 0 Å². The predicted octanol–water partition coefficient (Wildman–Crippen LogP) is 2.63. The van der Waals surface area contributed by atoms with Crippen molar-refractivity contribution in [2.45, 2.75) is 46.4 Å². The molecule has 0 saturated heterocycles. The molecular formula is C12H24O3Si. The Bertz CT molecular complexity index is 230. The first kappa shape index (κ1) is 15.7. The third kappa shape index (κ3) is 6.29. The molecule has 0 aromatic carbocycles. The maximum atomic E-state index is 5.51. The molecule has 94 valence electrons. The SMILES string of the molecule is CCOC(C#C[Si](C)(C)C)(OCC)OCC. The molecule has 16 heavy (non-hydrogen) atoms. The van der Waals surface area contributed by atoms with Gasteiger partial charge in [0.05, 0.1) is 19.8 Å². The third-order valence-electron chi connectivity index (χ3n) is 1.59. The molecule has 0 aromatic heterocycles. The van der Waals surface area contributed by atoms with Crippen molar-refractivity contribution in [1.82, 2.24) is 0 Å². The van der Waals surface area contributed by atoms with Gasteiger partial charge in [-0.25, -0.2) is 0 Å². The fraction of sp³-hybridized carbons (Fsp3) is 0.833. The maximum Gasteiger partial charge on any atom is 0.352 e. The second-order valence-corrected chi connectivity index (χ2v) is 9.11. The molecule has 0 spiro atoms. The van der Waals surface area contributed by atoms with Gasteiger partial charge in [0, 0.05) is 0 Å². The highest BCUT2D eigenvalue weighted by Crippen LogP contribution is 2.15. The summed E-state index contributed by atoms with van der Waals surface area (Å²) in [5, 5.41) is 0. The lowest BCUT2D eigenvalue weighted by atomic mass is 10.5. The third-order valence-corrected chi connectivity index (χ3v) is 2.47. The van der Waals surface area contributed by atoms with Crippen LogP contribution in [0.3, 0.4) is 0 Å². The zero-order valence-electron chi connectivity index (χ0n) is 11.3. The zero-order chi connectivity index (χ0) is 12.7. The molecular weight excluding hydrogens is 220 g/mol. The van der Waals surface area contributed by atoms with E-state index < -0.39 is 14.0 Å². The van der Waals surface area contributed by atoms with Crippen LogP contribution in [0.5, 0.6) is 0 Å². The quantitative estimate of drug-likeness (QED) is 0.408. The largest absolute Gasteiger partial charge is 0.352 e. The van der Waals surface area contributed by atoms with Gasteiger partial charge in [0.1, 0.15) is 8.07 Å². The van der Waals surface area contributed by atoms with E-state index in [0.717, 1.165) is 0 Å². The Morgan fingerprint density at radius 2 is 1.25 bits per heavy atom. The second kappa shape index (κ2) is 7.07. The van der Waals surface area contributed by atoms with Gasteiger partial charge in [-0.15, -0.1) is 5.54 Å². The van der Waals surface area contributed by atoms with Gasteiger partial charge in [-0.1, -0.05) is 19.6 Å². The molecule has 0 atom stereocenters. The van der Waals surface area contributed by atoms with Gasteiger partial charge >= 0.3 is 5.97 Å². The van der Waals surface area contributed by atoms with E-state index in [1.807, 2.05) is 20.8 Å². The second-order valence-electron chi connectivity index (χ2n) is 4.36. The summed E-state index contributed by atoms with van der Waals surface area (Å²) >= 11 is 0. The molecule has 0 heterocycles. The number of rotatable bonds is 6. The van der Waals surface area contributed by atoms with Crippen molar-refractivity contribution in [3.8, 4) is 11.5 Å². The normalized spacial score (nSPS) is 12.1. The van der Waals surface area contributed by atoms with E-state index in [0.29, 0.717) is 19.8 Å². The summed E-state index contributed by atoms with van der Waals surface area (Å²) < 4.78 is 16.5. The molecule has 0 aliphatic heterocycles. The molecule has 0 saturated carbocycles. The Balaban J connectivity index is 4.90. The van der Waals surface area contributed by atoms with Crippen LogP contribution in [0, 0.1) is 11.5 Å². The van der Waals surface area contributed by atoms with Crippen LogP contribution in [0.1, 0.15) is 20.8 Å². The summed E-state index contributed by atoms with van der Waals surface area (Å²) in [7, 11) is -1.46. The van der Waals surface area contributed by atoms with Gasteiger partial charge in [0.15, 0.2) is 0 Å². The molecule has 0 aromatic rings. The molecule has 4 heteroatoms. The van der Waals surface area contributed by atoms with E-state index in [1.165, 1.54) is 0 Å². The molecule has 0 rings (SSSR count). The van der Waals surface area contributed by atoms with E-state index in [2.05, 4.69) is 31.1 Å². The van der Waals surface area contributed by atoms with Crippen molar-refractivity contribution >= 4 is 8.07 Å². The first-order valence-electron chi connectivity index (χ1n) is 5.85. The van der Waals surface area contributed by atoms with Gasteiger partial charge in [-0.05, 0) is 26.7 Å². The zero-order valence-corrected chi connectivity index (χ0v) is 12.3. The summed E-state index contributed by atoms with van der Waals surface area (Å²) in [4.78, 5) is 0. The molecule has 0 bridgehead atoms. The van der Waals surface area contributed by atoms with Crippen molar-refractivity contribution in [3.63, 3.8) is 0 Å². The number of hydrogen-bond donors (Lipinski definition) is 0. The molecule has 0 fully saturated rings. The summed E-state index contributed by atoms with van der Waals surface area (Å²) in [5.74, 6) is 1.85. The Hall–Kier alpha value is -0.343. The minimum atomic E-state index is -1.46. The minimum Gasteiger partial charge on any atom is -0.317 e. The van der Waals surface area contributed by atoms with Crippen molar-refractivity contribution in [2.24, 2.45) is 0 Å². The fourth-order valence-corrected chi connectivity index (χ4v) is 1.60. The topological polar surface area (TPSA) is 27.7 Å². The summed E-state index contributed by atoms with van der Waals surface area (Å²) in [6.07, 6.45) is 0. The van der Waals surface area contributed by atoms with Crippen LogP contribution in [0.2, 0.25) is 19.6 Å². The van der Waals surface area contributed by atoms with E-state index in [4.69, 9.17) is 14.2 Å². The van der Waals surface area contributed by atoms with Gasteiger partial charge < -0.3 is 14.2 Å². The fourth-order valence-electron chi connectivity index (χ4n) is 1.07. The Morgan fingerprint density at radius 1 is 0.875 bits per heavy atom. The lowest BCUT2D eigenvalue weighted by Gasteiger charge is -2.27. The Kier molecular flexibility index (Phi) is 6.92. The van der Waals surface area contributed by atoms with Crippen molar-refractivity contribution in [2.75, 3.05) is 19.8 Å². The first-order valence-corrected chi connectivity index (χ1v) is 9.35. The van der Waals surface area contributed by atoms with Crippen LogP contribution in [0.25, 0.3) is 0 Å². The molecule has 0 unspecified atom stereocenters. The van der Waals surface area contributed by atoms with Gasteiger partial charge in [0.2, 0.25) is 0 Å². The standard InChI is InChI=1S/C12H24O3Si/c1-7-13-12(14-8-2,15-9-3)10-11-16(4,5)6/h7-9H2,1-6H3. The van der Waals surface area contributed by atoms with Crippen molar-refractivity contribution in [3.05, 3.63) is 0 Å². The van der Waals surface area contributed by atoms with E-state index in [9.17, 15) is 0 Å². The number of ether oxygens (including phenoxy) is 3. The number of hydrogen-bond acceptors (Lipinski definition) is 3. The predicted molar refractivity (Wildman–Crippen MR) is 68.7 cm³/mol. The average Bonchev–Trinajstić information content (AvgIpc) is 2.15. The van der Waals surface area contributed by atoms with Gasteiger partial charge in [0.25, 0.3) is 0 Å². The smallest absolute Gasteiger partial charge is 0.317 e. The summed E-state index contributed by atoms with van der Waals surface area (Å²) in [5.41, 5.74) is 3.23. The monoisotopic (exact) mass is 244 g/mol. The highest BCUT2D eigenvalue weighted by molar-refractivity contribution is 6.83. The van der Waals surface area contributed by atoms with Crippen LogP contribution < -0.4 is 0 Å². The van der Waals surface area contributed by atoms with Crippen LogP contribution in [-0.4, -0.2) is 33.9 Å². The molecule has 3 nitrogen and oxygen atoms in total. The van der Waals surface area contributed by atoms with Gasteiger partial charge in [-0.2, -0.15) is 0 Å². The van der Waals surface area contributed by atoms with Crippen LogP contribution in [-0.2, 0) is 14.2 Å². The van der Waals surface area contributed by atoms with E-state index >= 15 is 0 Å². The van der Waals surface area contributed by atoms with Crippen LogP contribution in [0.15, 0.2) is 0 Å². The first-order chi connectivity index (χ1) is 7.39. The van der Waals surface area contributed by atoms with E-state index in [1.54, 1.807) is 0 Å². The van der Waals surface area contributed by atoms with Crippen molar-refractivity contribution < 1.29 is 14.2 Å². The average molecular weight is 244 g/mol. The van der Waals surface area contributed by atoms with Crippen LogP contribution in [0.4, 0.5) is 0 Å². The Labute approximate surface area is 100 Å². The minimum absolute atomic E-state index is 0.514. The molecule has 0 aliphatic rings. The summed E-state index contributed by atoms with van der Waals surface area (Å²) in [6.45, 7) is 13.8. The van der Waals surface area contributed by atoms with E-state index in [-0.39, 0.29) is 0 Å². The molecule has 0 amide bonds. The molecule has 0 N–H and O–H groups in total. The molecule has 0 radical (unpaired) electrons. The maximum absolute atomic E-state index is 5.51. The lowest BCUT2D eigenvalue weighted by molar-refractivity contribution is -0.338. The lowest BCUT2D eigenvalue weighted by Crippen LogP contribution is -2.38. The molecule has 0 aliphatic carbocycles. The Morgan fingerprint density at radius 3 is 1.50 bits per heavy atom. The van der Waals surface area contributed by atoms with Crippen molar-refractivity contribution in [1.29, 1.82) is 0 Å². The highest BCUT2D eigenvalue weighted by Gasteiger charge is 2.30. The van der Waals surface area contributed by atoms with Crippen LogP contribution >= 0.6 is 0 Å². The highest BCUT2D eigenvalue weighted by atomic mass is 28.3. The summed E-state index contributed by atoms with van der Waals surface area (Å²) in [6, 6.07) is 0.